The minimum absolute atomic E-state index is 0.109. The highest BCUT2D eigenvalue weighted by atomic mass is 16.5. The van der Waals surface area contributed by atoms with Gasteiger partial charge in [-0.3, -0.25) is 4.99 Å². The maximum absolute atomic E-state index is 8.68. The molecule has 1 aliphatic rings. The van der Waals surface area contributed by atoms with Gasteiger partial charge in [-0.1, -0.05) is 24.8 Å². The Morgan fingerprint density at radius 1 is 1.33 bits per heavy atom. The lowest BCUT2D eigenvalue weighted by Gasteiger charge is -1.98. The number of para-hydroxylation sites is 1. The van der Waals surface area contributed by atoms with E-state index in [9.17, 15) is 0 Å². The van der Waals surface area contributed by atoms with Gasteiger partial charge < -0.3 is 14.8 Å². The van der Waals surface area contributed by atoms with Crippen LogP contribution in [-0.4, -0.2) is 29.5 Å². The van der Waals surface area contributed by atoms with Crippen LogP contribution < -0.4 is 4.74 Å². The molecule has 0 atom stereocenters. The molecule has 0 fully saturated rings. The molecule has 0 aliphatic carbocycles. The molecule has 1 aromatic carbocycles. The summed E-state index contributed by atoms with van der Waals surface area (Å²) in [5.41, 5.74) is 1.56. The number of aliphatic imine (C=N–C) groups is 1. The van der Waals surface area contributed by atoms with E-state index in [4.69, 9.17) is 14.8 Å². The number of nitrogens with zero attached hydrogens (tertiary/aromatic N) is 1. The van der Waals surface area contributed by atoms with E-state index in [-0.39, 0.29) is 6.44 Å². The number of ether oxygens (including phenoxy) is 1. The van der Waals surface area contributed by atoms with Crippen LogP contribution in [0.4, 0.5) is 0 Å². The monoisotopic (exact) mass is 203 g/mol. The third-order valence-corrected chi connectivity index (χ3v) is 2.08. The average molecular weight is 203 g/mol. The first-order valence-electron chi connectivity index (χ1n) is 4.55. The van der Waals surface area contributed by atoms with Crippen molar-refractivity contribution in [2.45, 2.75) is 0 Å². The lowest BCUT2D eigenvalue weighted by Crippen LogP contribution is -2.18. The summed E-state index contributed by atoms with van der Waals surface area (Å²) in [6.07, 6.45) is -0.109. The molecule has 1 heterocycles. The molecular weight excluding hydrogens is 193 g/mol. The van der Waals surface area contributed by atoms with Crippen molar-refractivity contribution < 1.29 is 14.8 Å². The summed E-state index contributed by atoms with van der Waals surface area (Å²) < 4.78 is 5.40. The summed E-state index contributed by atoms with van der Waals surface area (Å²) >= 11 is 0. The molecular formula is C10H10BNO3. The largest absolute Gasteiger partial charge is 0.474 e. The quantitative estimate of drug-likeness (QED) is 0.688. The van der Waals surface area contributed by atoms with Crippen LogP contribution in [0.5, 0.6) is 5.75 Å². The number of rotatable bonds is 2. The average Bonchev–Trinajstić information content (AvgIpc) is 2.54. The number of hydrogen-bond donors (Lipinski definition) is 2. The second-order valence-corrected chi connectivity index (χ2v) is 3.20. The van der Waals surface area contributed by atoms with Gasteiger partial charge >= 0.3 is 7.12 Å². The highest BCUT2D eigenvalue weighted by Crippen LogP contribution is 2.32. The van der Waals surface area contributed by atoms with Crippen molar-refractivity contribution in [1.82, 2.24) is 0 Å². The fourth-order valence-electron chi connectivity index (χ4n) is 1.38. The molecule has 15 heavy (non-hydrogen) atoms. The van der Waals surface area contributed by atoms with Gasteiger partial charge in [0.15, 0.2) is 0 Å². The topological polar surface area (TPSA) is 62.1 Å². The predicted octanol–water partition coefficient (Wildman–Crippen LogP) is 0.503. The smallest absolute Gasteiger partial charge is 0.438 e. The van der Waals surface area contributed by atoms with Crippen LogP contribution in [0.15, 0.2) is 35.8 Å². The predicted molar refractivity (Wildman–Crippen MR) is 58.6 cm³/mol. The van der Waals surface area contributed by atoms with Gasteiger partial charge in [-0.25, -0.2) is 0 Å². The first-order valence-corrected chi connectivity index (χ1v) is 4.55. The summed E-state index contributed by atoms with van der Waals surface area (Å²) in [4.78, 5) is 3.91. The summed E-state index contributed by atoms with van der Waals surface area (Å²) in [6.45, 7) is 3.84. The highest BCUT2D eigenvalue weighted by molar-refractivity contribution is 6.41. The number of hydrogen-bond acceptors (Lipinski definition) is 4. The maximum Gasteiger partial charge on any atom is 0.474 e. The first kappa shape index (κ1) is 9.95. The SMILES string of the molecule is C=C1/C(=N\CB(O)O)Oc2ccccc21. The molecule has 0 radical (unpaired) electrons. The van der Waals surface area contributed by atoms with Crippen molar-refractivity contribution in [2.75, 3.05) is 6.44 Å². The van der Waals surface area contributed by atoms with Gasteiger partial charge in [0, 0.05) is 11.1 Å². The second-order valence-electron chi connectivity index (χ2n) is 3.20. The maximum atomic E-state index is 8.68. The van der Waals surface area contributed by atoms with Gasteiger partial charge in [-0.2, -0.15) is 0 Å². The molecule has 0 spiro atoms. The molecule has 0 saturated heterocycles. The van der Waals surface area contributed by atoms with Gasteiger partial charge in [-0.05, 0) is 6.07 Å². The van der Waals surface area contributed by atoms with Gasteiger partial charge in [0.1, 0.15) is 5.75 Å². The molecule has 0 saturated carbocycles. The standard InChI is InChI=1S/C10H10BNO3/c1-7-8-4-2-3-5-9(8)15-10(7)12-6-11(13)14/h2-5,13-14H,1,6H2/b12-10+. The van der Waals surface area contributed by atoms with Gasteiger partial charge in [0.2, 0.25) is 5.90 Å². The fraction of sp³-hybridized carbons (Fsp3) is 0.100. The van der Waals surface area contributed by atoms with E-state index in [1.54, 1.807) is 0 Å². The molecule has 4 nitrogen and oxygen atoms in total. The molecule has 0 amide bonds. The Bertz CT molecular complexity index is 428. The van der Waals surface area contributed by atoms with Crippen LogP contribution in [0.3, 0.4) is 0 Å². The Labute approximate surface area is 87.7 Å². The van der Waals surface area contributed by atoms with E-state index < -0.39 is 7.12 Å². The van der Waals surface area contributed by atoms with Crippen LogP contribution in [0.2, 0.25) is 0 Å². The van der Waals surface area contributed by atoms with Crippen molar-refractivity contribution in [1.29, 1.82) is 0 Å². The number of fused-ring (bicyclic) bond motifs is 1. The molecule has 1 aliphatic heterocycles. The van der Waals surface area contributed by atoms with Crippen LogP contribution in [0, 0.1) is 0 Å². The van der Waals surface area contributed by atoms with Crippen molar-refractivity contribution in [3.05, 3.63) is 36.4 Å². The van der Waals surface area contributed by atoms with Gasteiger partial charge in [0.25, 0.3) is 0 Å². The molecule has 76 valence electrons. The molecule has 1 aromatic rings. The zero-order chi connectivity index (χ0) is 10.8. The Morgan fingerprint density at radius 3 is 2.73 bits per heavy atom. The number of benzene rings is 1. The van der Waals surface area contributed by atoms with Crippen molar-refractivity contribution in [3.63, 3.8) is 0 Å². The van der Waals surface area contributed by atoms with Crippen molar-refractivity contribution >= 4 is 18.6 Å². The van der Waals surface area contributed by atoms with E-state index in [0.717, 1.165) is 5.56 Å². The van der Waals surface area contributed by atoms with Gasteiger partial charge in [0.05, 0.1) is 6.44 Å². The molecule has 5 heteroatoms. The van der Waals surface area contributed by atoms with Crippen LogP contribution >= 0.6 is 0 Å². The van der Waals surface area contributed by atoms with Crippen LogP contribution in [0.25, 0.3) is 5.57 Å². The van der Waals surface area contributed by atoms with E-state index >= 15 is 0 Å². The van der Waals surface area contributed by atoms with Crippen LogP contribution in [0.1, 0.15) is 5.56 Å². The lowest BCUT2D eigenvalue weighted by atomic mass is 9.93. The summed E-state index contributed by atoms with van der Waals surface area (Å²) in [6, 6.07) is 7.45. The summed E-state index contributed by atoms with van der Waals surface area (Å²) in [5.74, 6) is 1.05. The lowest BCUT2D eigenvalue weighted by molar-refractivity contribution is 0.407. The molecule has 2 N–H and O–H groups in total. The molecule has 0 aromatic heterocycles. The Morgan fingerprint density at radius 2 is 2.07 bits per heavy atom. The minimum atomic E-state index is -1.46. The van der Waals surface area contributed by atoms with E-state index in [2.05, 4.69) is 11.6 Å². The third kappa shape index (κ3) is 1.93. The highest BCUT2D eigenvalue weighted by Gasteiger charge is 2.22. The van der Waals surface area contributed by atoms with Crippen molar-refractivity contribution in [3.8, 4) is 5.75 Å². The van der Waals surface area contributed by atoms with E-state index in [1.807, 2.05) is 24.3 Å². The Kier molecular flexibility index (Phi) is 2.57. The van der Waals surface area contributed by atoms with Crippen molar-refractivity contribution in [2.24, 2.45) is 4.99 Å². The zero-order valence-corrected chi connectivity index (χ0v) is 8.05. The summed E-state index contributed by atoms with van der Waals surface area (Å²) in [7, 11) is -1.46. The third-order valence-electron chi connectivity index (χ3n) is 2.08. The normalized spacial score (nSPS) is 16.4. The summed E-state index contributed by atoms with van der Waals surface area (Å²) in [5, 5.41) is 17.4. The second kappa shape index (κ2) is 3.88. The minimum Gasteiger partial charge on any atom is -0.438 e. The van der Waals surface area contributed by atoms with E-state index in [1.165, 1.54) is 0 Å². The molecule has 2 rings (SSSR count). The zero-order valence-electron chi connectivity index (χ0n) is 8.05. The van der Waals surface area contributed by atoms with E-state index in [0.29, 0.717) is 17.2 Å². The fourth-order valence-corrected chi connectivity index (χ4v) is 1.38. The van der Waals surface area contributed by atoms with Gasteiger partial charge in [-0.15, -0.1) is 0 Å². The molecule has 0 unspecified atom stereocenters. The Balaban J connectivity index is 2.24. The molecule has 0 bridgehead atoms. The first-order chi connectivity index (χ1) is 7.18. The Hall–Kier alpha value is -1.59. The van der Waals surface area contributed by atoms with Crippen LogP contribution in [-0.2, 0) is 0 Å².